The van der Waals surface area contributed by atoms with E-state index in [0.29, 0.717) is 5.69 Å². The normalized spacial score (nSPS) is 10.0. The van der Waals surface area contributed by atoms with E-state index in [4.69, 9.17) is 16.7 Å². The van der Waals surface area contributed by atoms with Crippen molar-refractivity contribution in [3.63, 3.8) is 0 Å². The molecule has 0 spiro atoms. The molecule has 0 atom stereocenters. The maximum atomic E-state index is 11.9. The number of rotatable bonds is 3. The summed E-state index contributed by atoms with van der Waals surface area (Å²) < 4.78 is 5.79. The Morgan fingerprint density at radius 3 is 3.06 bits per heavy atom. The Morgan fingerprint density at radius 1 is 1.67 bits per heavy atom. The molecule has 2 rings (SSSR count). The summed E-state index contributed by atoms with van der Waals surface area (Å²) in [6, 6.07) is 3.68. The molecule has 18 heavy (non-hydrogen) atoms. The predicted molar refractivity (Wildman–Crippen MR) is 73.1 cm³/mol. The Labute approximate surface area is 115 Å². The number of aromatic nitrogens is 1. The number of carbonyl (C=O) groups is 1. The Hall–Kier alpha value is -1.78. The second-order valence-electron chi connectivity index (χ2n) is 3.26. The Kier molecular flexibility index (Phi) is 3.69. The Bertz CT molecular complexity index is 627. The first kappa shape index (κ1) is 12.7. The van der Waals surface area contributed by atoms with Gasteiger partial charge in [0.2, 0.25) is 5.88 Å². The largest absolute Gasteiger partial charge is 0.367 e. The first-order valence-electron chi connectivity index (χ1n) is 4.86. The van der Waals surface area contributed by atoms with Gasteiger partial charge in [-0.15, -0.1) is 17.8 Å². The second-order valence-corrected chi connectivity index (χ2v) is 5.72. The predicted octanol–water partition coefficient (Wildman–Crippen LogP) is 2.11. The first-order chi connectivity index (χ1) is 8.63. The van der Waals surface area contributed by atoms with Crippen LogP contribution in [-0.4, -0.2) is 17.6 Å². The van der Waals surface area contributed by atoms with Gasteiger partial charge in [0.15, 0.2) is 0 Å². The van der Waals surface area contributed by atoms with Crippen LogP contribution in [-0.2, 0) is 0 Å². The van der Waals surface area contributed by atoms with Crippen LogP contribution in [0.1, 0.15) is 10.4 Å². The molecule has 0 aliphatic rings. The van der Waals surface area contributed by atoms with Gasteiger partial charge in [-0.25, -0.2) is 0 Å². The minimum Gasteiger partial charge on any atom is -0.367 e. The molecule has 2 aromatic rings. The van der Waals surface area contributed by atoms with Gasteiger partial charge in [0, 0.05) is 0 Å². The molecular weight excluding hydrogens is 318 g/mol. The molecule has 0 radical (unpaired) electrons. The number of terminal acetylenes is 1. The van der Waals surface area contributed by atoms with Crippen LogP contribution in [0.2, 0.25) is 0 Å². The van der Waals surface area contributed by atoms with Crippen molar-refractivity contribution < 1.29 is 9.32 Å². The topological polar surface area (TPSA) is 81.2 Å². The van der Waals surface area contributed by atoms with Gasteiger partial charge in [0.05, 0.1) is 15.2 Å². The molecule has 0 unspecified atom stereocenters. The van der Waals surface area contributed by atoms with Crippen molar-refractivity contribution in [1.82, 2.24) is 10.5 Å². The number of amides is 1. The third kappa shape index (κ3) is 2.39. The molecule has 0 saturated carbocycles. The van der Waals surface area contributed by atoms with Crippen LogP contribution in [0.3, 0.4) is 0 Å². The summed E-state index contributed by atoms with van der Waals surface area (Å²) in [5.74, 6) is 1.89. The molecule has 0 bridgehead atoms. The van der Waals surface area contributed by atoms with E-state index in [-0.39, 0.29) is 18.0 Å². The van der Waals surface area contributed by atoms with E-state index in [1.54, 1.807) is 0 Å². The molecule has 0 aliphatic carbocycles. The molecular formula is C11H8BrN3O2S. The maximum absolute atomic E-state index is 11.9. The summed E-state index contributed by atoms with van der Waals surface area (Å²) in [4.78, 5) is 12.7. The molecule has 2 aromatic heterocycles. The van der Waals surface area contributed by atoms with Gasteiger partial charge in [0.25, 0.3) is 5.91 Å². The lowest BCUT2D eigenvalue weighted by Crippen LogP contribution is -2.24. The van der Waals surface area contributed by atoms with Gasteiger partial charge in [-0.1, -0.05) is 11.1 Å². The van der Waals surface area contributed by atoms with E-state index >= 15 is 0 Å². The minimum absolute atomic E-state index is 0.0240. The number of nitrogen functional groups attached to an aromatic ring is 1. The smallest absolute Gasteiger partial charge is 0.259 e. The van der Waals surface area contributed by atoms with Gasteiger partial charge < -0.3 is 15.6 Å². The average molecular weight is 326 g/mol. The number of nitrogens with zero attached hydrogens (tertiary/aromatic N) is 1. The number of anilines is 1. The van der Waals surface area contributed by atoms with Crippen LogP contribution in [0, 0.1) is 12.3 Å². The fourth-order valence-corrected chi connectivity index (χ4v) is 2.73. The van der Waals surface area contributed by atoms with Gasteiger partial charge in [-0.2, -0.15) is 0 Å². The highest BCUT2D eigenvalue weighted by molar-refractivity contribution is 9.11. The molecule has 0 aliphatic heterocycles. The zero-order chi connectivity index (χ0) is 13.1. The number of nitrogens with two attached hydrogens (primary N) is 1. The van der Waals surface area contributed by atoms with Gasteiger partial charge in [-0.3, -0.25) is 4.79 Å². The van der Waals surface area contributed by atoms with E-state index < -0.39 is 5.91 Å². The number of hydrogen-bond acceptors (Lipinski definition) is 5. The summed E-state index contributed by atoms with van der Waals surface area (Å²) in [6.45, 7) is 0.122. The lowest BCUT2D eigenvalue weighted by Gasteiger charge is -2.00. The van der Waals surface area contributed by atoms with Gasteiger partial charge in [-0.05, 0) is 28.1 Å². The number of halogens is 1. The molecule has 3 N–H and O–H groups in total. The van der Waals surface area contributed by atoms with Crippen LogP contribution in [0.4, 0.5) is 5.88 Å². The average Bonchev–Trinajstić information content (AvgIpc) is 2.92. The highest BCUT2D eigenvalue weighted by atomic mass is 79.9. The maximum Gasteiger partial charge on any atom is 0.259 e. The number of thiophene rings is 1. The van der Waals surface area contributed by atoms with Crippen molar-refractivity contribution in [3.05, 3.63) is 21.5 Å². The zero-order valence-corrected chi connectivity index (χ0v) is 11.5. The van der Waals surface area contributed by atoms with Crippen molar-refractivity contribution in [2.24, 2.45) is 0 Å². The highest BCUT2D eigenvalue weighted by Crippen LogP contribution is 2.34. The van der Waals surface area contributed by atoms with Crippen LogP contribution in [0.15, 0.2) is 20.4 Å². The van der Waals surface area contributed by atoms with Crippen LogP contribution in [0.5, 0.6) is 0 Å². The summed E-state index contributed by atoms with van der Waals surface area (Å²) in [7, 11) is 0. The standard InChI is InChI=1S/C11H8BrN3O2S/c1-2-5-14-11(16)8-9(15-17-10(8)13)6-3-4-7(12)18-6/h1,3-4H,5,13H2,(H,14,16). The summed E-state index contributed by atoms with van der Waals surface area (Å²) >= 11 is 4.77. The molecule has 1 amide bonds. The highest BCUT2D eigenvalue weighted by Gasteiger charge is 2.22. The van der Waals surface area contributed by atoms with Crippen molar-refractivity contribution in [3.8, 4) is 22.9 Å². The van der Waals surface area contributed by atoms with Crippen molar-refractivity contribution in [2.45, 2.75) is 0 Å². The second kappa shape index (κ2) is 5.25. The summed E-state index contributed by atoms with van der Waals surface area (Å²) in [6.07, 6.45) is 5.08. The van der Waals surface area contributed by atoms with Gasteiger partial charge >= 0.3 is 0 Å². The molecule has 0 fully saturated rings. The Morgan fingerprint density at radius 2 is 2.44 bits per heavy atom. The fraction of sp³-hybridized carbons (Fsp3) is 0.0909. The monoisotopic (exact) mass is 325 g/mol. The van der Waals surface area contributed by atoms with E-state index in [9.17, 15) is 4.79 Å². The summed E-state index contributed by atoms with van der Waals surface area (Å²) in [5, 5.41) is 6.34. The number of nitrogens with one attached hydrogen (secondary N) is 1. The molecule has 0 aromatic carbocycles. The van der Waals surface area contributed by atoms with E-state index in [2.05, 4.69) is 32.3 Å². The van der Waals surface area contributed by atoms with Crippen molar-refractivity contribution in [2.75, 3.05) is 12.3 Å². The zero-order valence-electron chi connectivity index (χ0n) is 9.07. The van der Waals surface area contributed by atoms with Crippen molar-refractivity contribution >= 4 is 39.1 Å². The first-order valence-corrected chi connectivity index (χ1v) is 6.47. The molecule has 5 nitrogen and oxygen atoms in total. The number of carbonyl (C=O) groups excluding carboxylic acids is 1. The van der Waals surface area contributed by atoms with Crippen LogP contribution < -0.4 is 11.1 Å². The van der Waals surface area contributed by atoms with E-state index in [1.165, 1.54) is 11.3 Å². The molecule has 0 saturated heterocycles. The lowest BCUT2D eigenvalue weighted by atomic mass is 10.2. The van der Waals surface area contributed by atoms with Gasteiger partial charge in [0.1, 0.15) is 11.3 Å². The molecule has 92 valence electrons. The fourth-order valence-electron chi connectivity index (χ4n) is 1.35. The third-order valence-corrected chi connectivity index (χ3v) is 3.73. The molecule has 2 heterocycles. The van der Waals surface area contributed by atoms with Crippen molar-refractivity contribution in [1.29, 1.82) is 0 Å². The van der Waals surface area contributed by atoms with E-state index in [0.717, 1.165) is 8.66 Å². The third-order valence-electron chi connectivity index (χ3n) is 2.10. The van der Waals surface area contributed by atoms with Crippen LogP contribution >= 0.6 is 27.3 Å². The SMILES string of the molecule is C#CCNC(=O)c1c(-c2ccc(Br)s2)noc1N. The quantitative estimate of drug-likeness (QED) is 0.847. The summed E-state index contributed by atoms with van der Waals surface area (Å²) in [5.41, 5.74) is 6.23. The van der Waals surface area contributed by atoms with E-state index in [1.807, 2.05) is 12.1 Å². The van der Waals surface area contributed by atoms with Crippen LogP contribution in [0.25, 0.3) is 10.6 Å². The lowest BCUT2D eigenvalue weighted by molar-refractivity contribution is 0.0960. The number of hydrogen-bond donors (Lipinski definition) is 2. The minimum atomic E-state index is -0.397. The molecule has 7 heteroatoms. The Balaban J connectivity index is 2.39.